The first-order valence-electron chi connectivity index (χ1n) is 16.5. The molecule has 0 radical (unpaired) electrons. The van der Waals surface area contributed by atoms with Gasteiger partial charge in [-0.15, -0.1) is 21.5 Å². The number of nitrogens with zero attached hydrogens (tertiary/aromatic N) is 6. The van der Waals surface area contributed by atoms with Gasteiger partial charge in [0, 0.05) is 28.7 Å². The molecule has 2 aliphatic heterocycles. The van der Waals surface area contributed by atoms with Crippen LogP contribution in [0, 0.1) is 12.7 Å². The molecule has 0 atom stereocenters. The third kappa shape index (κ3) is 7.16. The van der Waals surface area contributed by atoms with E-state index in [-0.39, 0.29) is 5.82 Å². The van der Waals surface area contributed by atoms with Gasteiger partial charge in [0.1, 0.15) is 0 Å². The molecule has 0 aliphatic carbocycles. The lowest BCUT2D eigenvalue weighted by Crippen LogP contribution is -2.30. The number of benzene rings is 2. The van der Waals surface area contributed by atoms with E-state index >= 15 is 0 Å². The zero-order valence-electron chi connectivity index (χ0n) is 26.3. The first-order chi connectivity index (χ1) is 22.6. The molecule has 2 aromatic carbocycles. The largest absolute Gasteiger partial charge is 0.491 e. The van der Waals surface area contributed by atoms with E-state index in [1.807, 2.05) is 30.5 Å². The zero-order valence-corrected chi connectivity index (χ0v) is 27.9. The van der Waals surface area contributed by atoms with Crippen molar-refractivity contribution in [1.29, 1.82) is 0 Å². The average molecular weight is 658 g/mol. The quantitative estimate of drug-likeness (QED) is 0.134. The number of rotatable bonds is 12. The van der Waals surface area contributed by atoms with Gasteiger partial charge in [-0.3, -0.25) is 0 Å². The Labute approximate surface area is 277 Å². The second-order valence-electron chi connectivity index (χ2n) is 12.2. The molecule has 0 amide bonds. The van der Waals surface area contributed by atoms with Crippen molar-refractivity contribution in [3.05, 3.63) is 76.0 Å². The number of hydrogen-bond acceptors (Lipinski definition) is 10. The number of anilines is 4. The van der Waals surface area contributed by atoms with Gasteiger partial charge in [-0.2, -0.15) is 0 Å². The molecule has 46 heavy (non-hydrogen) atoms. The van der Waals surface area contributed by atoms with Crippen LogP contribution in [0.1, 0.15) is 60.1 Å². The number of hydrogen-bond donors (Lipinski definition) is 1. The summed E-state index contributed by atoms with van der Waals surface area (Å²) in [5.41, 5.74) is 4.32. The van der Waals surface area contributed by atoms with Gasteiger partial charge in [-0.25, -0.2) is 14.4 Å². The first-order valence-corrected chi connectivity index (χ1v) is 18.1. The second-order valence-corrected chi connectivity index (χ2v) is 14.3. The maximum Gasteiger partial charge on any atom is 0.191 e. The van der Waals surface area contributed by atoms with E-state index in [9.17, 15) is 4.39 Å². The van der Waals surface area contributed by atoms with Crippen LogP contribution < -0.4 is 15.0 Å². The minimum atomic E-state index is -0.269. The van der Waals surface area contributed by atoms with E-state index in [1.54, 1.807) is 34.8 Å². The van der Waals surface area contributed by atoms with Crippen molar-refractivity contribution in [2.45, 2.75) is 64.7 Å². The Kier molecular flexibility index (Phi) is 9.69. The van der Waals surface area contributed by atoms with Gasteiger partial charge in [-0.1, -0.05) is 36.0 Å². The lowest BCUT2D eigenvalue weighted by molar-refractivity contribution is 0.226. The van der Waals surface area contributed by atoms with E-state index < -0.39 is 0 Å². The summed E-state index contributed by atoms with van der Waals surface area (Å²) in [5.74, 6) is 1.70. The highest BCUT2D eigenvalue weighted by molar-refractivity contribution is 7.22. The molecule has 1 N–H and O–H groups in total. The minimum absolute atomic E-state index is 0.269. The summed E-state index contributed by atoms with van der Waals surface area (Å²) < 4.78 is 21.7. The summed E-state index contributed by atoms with van der Waals surface area (Å²) in [6, 6.07) is 13.6. The van der Waals surface area contributed by atoms with E-state index in [2.05, 4.69) is 38.3 Å². The van der Waals surface area contributed by atoms with Crippen LogP contribution in [-0.2, 0) is 19.3 Å². The van der Waals surface area contributed by atoms with Crippen molar-refractivity contribution in [2.75, 3.05) is 43.0 Å². The molecular weight excluding hydrogens is 618 g/mol. The molecule has 11 heteroatoms. The van der Waals surface area contributed by atoms with Crippen LogP contribution >= 0.6 is 22.7 Å². The fourth-order valence-electron chi connectivity index (χ4n) is 6.38. The number of piperidine rings is 1. The highest BCUT2D eigenvalue weighted by atomic mass is 32.1. The number of aryl methyl sites for hydroxylation is 2. The molecule has 2 aliphatic rings. The Bertz CT molecular complexity index is 1750. The molecule has 240 valence electrons. The first kappa shape index (κ1) is 31.0. The molecule has 3 aromatic heterocycles. The van der Waals surface area contributed by atoms with E-state index in [4.69, 9.17) is 14.7 Å². The number of halogens is 1. The number of likely N-dealkylation sites (tertiary alicyclic amines) is 1. The van der Waals surface area contributed by atoms with Crippen LogP contribution in [0.15, 0.2) is 48.7 Å². The molecular formula is C35H40FN7OS2. The topological polar surface area (TPSA) is 79.3 Å². The predicted octanol–water partition coefficient (Wildman–Crippen LogP) is 8.25. The summed E-state index contributed by atoms with van der Waals surface area (Å²) >= 11 is 3.29. The van der Waals surface area contributed by atoms with Crippen LogP contribution in [0.4, 0.5) is 26.3 Å². The van der Waals surface area contributed by atoms with Crippen LogP contribution in [-0.4, -0.2) is 57.9 Å². The zero-order chi connectivity index (χ0) is 31.3. The van der Waals surface area contributed by atoms with Crippen LogP contribution in [0.2, 0.25) is 0 Å². The Hall–Kier alpha value is -3.67. The Morgan fingerprint density at radius 2 is 1.85 bits per heavy atom. The molecule has 5 aromatic rings. The molecule has 0 saturated carbocycles. The predicted molar refractivity (Wildman–Crippen MR) is 186 cm³/mol. The Morgan fingerprint density at radius 1 is 0.957 bits per heavy atom. The highest BCUT2D eigenvalue weighted by Crippen LogP contribution is 2.38. The van der Waals surface area contributed by atoms with E-state index in [0.717, 1.165) is 94.9 Å². The van der Waals surface area contributed by atoms with Crippen molar-refractivity contribution < 1.29 is 9.13 Å². The molecule has 1 saturated heterocycles. The Balaban J connectivity index is 0.912. The summed E-state index contributed by atoms with van der Waals surface area (Å²) in [7, 11) is 0. The molecule has 0 unspecified atom stereocenters. The van der Waals surface area contributed by atoms with Gasteiger partial charge in [0.25, 0.3) is 0 Å². The monoisotopic (exact) mass is 657 g/mol. The summed E-state index contributed by atoms with van der Waals surface area (Å²) in [5, 5.41) is 14.4. The van der Waals surface area contributed by atoms with Crippen molar-refractivity contribution in [1.82, 2.24) is 25.1 Å². The summed E-state index contributed by atoms with van der Waals surface area (Å²) in [6.07, 6.45) is 11.4. The molecule has 0 spiro atoms. The van der Waals surface area contributed by atoms with Crippen LogP contribution in [0.25, 0.3) is 10.2 Å². The molecule has 8 nitrogen and oxygen atoms in total. The van der Waals surface area contributed by atoms with Gasteiger partial charge in [-0.05, 0) is 108 Å². The normalized spacial score (nSPS) is 15.3. The fraction of sp³-hybridized carbons (Fsp3) is 0.429. The Morgan fingerprint density at radius 3 is 2.72 bits per heavy atom. The maximum atomic E-state index is 14.8. The summed E-state index contributed by atoms with van der Waals surface area (Å²) in [6.45, 7) is 6.93. The lowest BCUT2D eigenvalue weighted by atomic mass is 10.0. The number of thiazole rings is 2. The van der Waals surface area contributed by atoms with Gasteiger partial charge in [0.15, 0.2) is 33.5 Å². The second kappa shape index (κ2) is 14.4. The van der Waals surface area contributed by atoms with E-state index in [1.165, 1.54) is 42.8 Å². The average Bonchev–Trinajstić information content (AvgIpc) is 3.72. The summed E-state index contributed by atoms with van der Waals surface area (Å²) in [4.78, 5) is 15.3. The SMILES string of the molecule is Cc1c(Nc2nc3ccccc3s2)nnc2c1CCCN2c1ncc(CCCOc2ccc(CCCN3CCCCC3)cc2F)s1. The van der Waals surface area contributed by atoms with Crippen LogP contribution in [0.3, 0.4) is 0 Å². The standard InChI is InChI=1S/C35H40FN7OS2/c1-24-27-12-8-20-43(33(27)41-40-32(24)39-34-38-29-13-3-4-14-31(29)46-34)35-37-23-26(45-35)11-9-21-44-30-16-15-25(22-28(30)36)10-7-19-42-17-5-2-6-18-42/h3-4,13-16,22-23H,2,5-12,17-21H2,1H3,(H,38,39,40). The third-order valence-corrected chi connectivity index (χ3v) is 10.9. The molecule has 0 bridgehead atoms. The number of aromatic nitrogens is 4. The third-order valence-electron chi connectivity index (χ3n) is 8.89. The smallest absolute Gasteiger partial charge is 0.191 e. The van der Waals surface area contributed by atoms with Crippen molar-refractivity contribution in [2.24, 2.45) is 0 Å². The van der Waals surface area contributed by atoms with Gasteiger partial charge >= 0.3 is 0 Å². The van der Waals surface area contributed by atoms with Gasteiger partial charge < -0.3 is 19.9 Å². The molecule has 5 heterocycles. The lowest BCUT2D eigenvalue weighted by Gasteiger charge is -2.28. The number of nitrogens with one attached hydrogen (secondary N) is 1. The van der Waals surface area contributed by atoms with E-state index in [0.29, 0.717) is 12.4 Å². The van der Waals surface area contributed by atoms with Crippen molar-refractivity contribution in [3.8, 4) is 5.75 Å². The molecule has 7 rings (SSSR count). The minimum Gasteiger partial charge on any atom is -0.491 e. The van der Waals surface area contributed by atoms with Crippen molar-refractivity contribution in [3.63, 3.8) is 0 Å². The maximum absolute atomic E-state index is 14.8. The highest BCUT2D eigenvalue weighted by Gasteiger charge is 2.26. The number of para-hydroxylation sites is 1. The number of ether oxygens (including phenoxy) is 1. The van der Waals surface area contributed by atoms with Crippen LogP contribution in [0.5, 0.6) is 5.75 Å². The van der Waals surface area contributed by atoms with Gasteiger partial charge in [0.05, 0.1) is 16.8 Å². The molecule has 1 fully saturated rings. The van der Waals surface area contributed by atoms with Crippen molar-refractivity contribution >= 4 is 54.8 Å². The van der Waals surface area contributed by atoms with Gasteiger partial charge in [0.2, 0.25) is 0 Å². The fourth-order valence-corrected chi connectivity index (χ4v) is 8.23. The number of fused-ring (bicyclic) bond motifs is 2.